The molecule has 2 aliphatic rings. The second kappa shape index (κ2) is 8.16. The zero-order valence-electron chi connectivity index (χ0n) is 15.3. The average molecular weight is 378 g/mol. The lowest BCUT2D eigenvalue weighted by Gasteiger charge is -2.26. The lowest BCUT2D eigenvalue weighted by atomic mass is 10.1. The van der Waals surface area contributed by atoms with Crippen molar-refractivity contribution in [2.24, 2.45) is 5.92 Å². The van der Waals surface area contributed by atoms with Crippen molar-refractivity contribution in [2.75, 3.05) is 13.1 Å². The van der Waals surface area contributed by atoms with Crippen LogP contribution in [0.2, 0.25) is 0 Å². The number of aromatic nitrogens is 1. The van der Waals surface area contributed by atoms with Gasteiger partial charge >= 0.3 is 0 Å². The smallest absolute Gasteiger partial charge is 0.263 e. The van der Waals surface area contributed by atoms with E-state index in [9.17, 15) is 14.4 Å². The third-order valence-corrected chi connectivity index (χ3v) is 6.03. The number of carbonyl (C=O) groups excluding carboxylic acids is 3. The van der Waals surface area contributed by atoms with Crippen LogP contribution in [0.15, 0.2) is 6.20 Å². The van der Waals surface area contributed by atoms with Gasteiger partial charge in [-0.1, -0.05) is 12.8 Å². The first-order valence-electron chi connectivity index (χ1n) is 9.31. The maximum Gasteiger partial charge on any atom is 0.263 e. The molecule has 1 aromatic rings. The zero-order chi connectivity index (χ0) is 18.7. The molecule has 1 saturated carbocycles. The number of hydrogen-bond donors (Lipinski definition) is 2. The molecular formula is C18H26N4O3S. The minimum atomic E-state index is -0.503. The summed E-state index contributed by atoms with van der Waals surface area (Å²) < 4.78 is 0. The summed E-state index contributed by atoms with van der Waals surface area (Å²) in [5.74, 6) is -0.246. The number of nitrogens with zero attached hydrogens (tertiary/aromatic N) is 2. The molecule has 3 amide bonds. The Bertz CT molecular complexity index is 684. The van der Waals surface area contributed by atoms with Crippen molar-refractivity contribution in [3.8, 4) is 0 Å². The van der Waals surface area contributed by atoms with Gasteiger partial charge in [-0.25, -0.2) is 4.98 Å². The van der Waals surface area contributed by atoms with Gasteiger partial charge in [0.1, 0.15) is 10.9 Å². The van der Waals surface area contributed by atoms with Gasteiger partial charge in [-0.2, -0.15) is 0 Å². The van der Waals surface area contributed by atoms with Gasteiger partial charge in [0.2, 0.25) is 11.8 Å². The Morgan fingerprint density at radius 1 is 1.31 bits per heavy atom. The second-order valence-electron chi connectivity index (χ2n) is 7.03. The molecule has 0 spiro atoms. The van der Waals surface area contributed by atoms with Crippen molar-refractivity contribution in [1.82, 2.24) is 20.5 Å². The molecule has 8 heteroatoms. The Morgan fingerprint density at radius 3 is 2.65 bits per heavy atom. The van der Waals surface area contributed by atoms with E-state index in [1.165, 1.54) is 11.3 Å². The summed E-state index contributed by atoms with van der Waals surface area (Å²) in [4.78, 5) is 44.1. The van der Waals surface area contributed by atoms with Gasteiger partial charge in [0.15, 0.2) is 0 Å². The van der Waals surface area contributed by atoms with Gasteiger partial charge in [-0.3, -0.25) is 14.4 Å². The first kappa shape index (κ1) is 18.8. The summed E-state index contributed by atoms with van der Waals surface area (Å²) >= 11 is 1.34. The van der Waals surface area contributed by atoms with E-state index in [0.717, 1.165) is 30.7 Å². The highest BCUT2D eigenvalue weighted by atomic mass is 32.1. The lowest BCUT2D eigenvalue weighted by molar-refractivity contribution is -0.141. The fourth-order valence-electron chi connectivity index (χ4n) is 3.85. The van der Waals surface area contributed by atoms with Crippen LogP contribution in [-0.2, 0) is 9.59 Å². The summed E-state index contributed by atoms with van der Waals surface area (Å²) in [6, 6.07) is -0.723. The summed E-state index contributed by atoms with van der Waals surface area (Å²) in [5.41, 5.74) is 0. The average Bonchev–Trinajstić information content (AvgIpc) is 3.34. The lowest BCUT2D eigenvalue weighted by Crippen LogP contribution is -2.47. The van der Waals surface area contributed by atoms with E-state index < -0.39 is 6.04 Å². The first-order chi connectivity index (χ1) is 12.5. The van der Waals surface area contributed by atoms with E-state index in [1.807, 2.05) is 13.8 Å². The van der Waals surface area contributed by atoms with Crippen molar-refractivity contribution in [3.05, 3.63) is 16.1 Å². The Morgan fingerprint density at radius 2 is 2.04 bits per heavy atom. The van der Waals surface area contributed by atoms with Gasteiger partial charge in [0, 0.05) is 25.0 Å². The molecule has 1 aliphatic heterocycles. The number of carbonyl (C=O) groups is 3. The molecule has 1 aliphatic carbocycles. The van der Waals surface area contributed by atoms with Gasteiger partial charge in [0.05, 0.1) is 11.2 Å². The Labute approximate surface area is 157 Å². The Kier molecular flexibility index (Phi) is 5.90. The minimum absolute atomic E-state index is 0.0190. The van der Waals surface area contributed by atoms with Crippen molar-refractivity contribution in [1.29, 1.82) is 0 Å². The molecule has 2 N–H and O–H groups in total. The van der Waals surface area contributed by atoms with Crippen molar-refractivity contribution >= 4 is 29.1 Å². The van der Waals surface area contributed by atoms with E-state index in [0.29, 0.717) is 24.4 Å². The predicted octanol–water partition coefficient (Wildman–Crippen LogP) is 1.48. The van der Waals surface area contributed by atoms with Crippen LogP contribution >= 0.6 is 11.3 Å². The molecule has 0 aromatic carbocycles. The number of aryl methyl sites for hydroxylation is 1. The molecule has 1 saturated heterocycles. The maximum atomic E-state index is 12.9. The standard InChI is InChI=1S/C18H26N4O3S/c1-3-19-16(23)14-8-13(21-17(24)15-9-20-11(2)26-15)10-22(14)18(25)12-6-4-5-7-12/h9,12-14H,3-8,10H2,1-2H3,(H,19,23)(H,21,24)/t13-,14+/m1/s1. The van der Waals surface area contributed by atoms with Crippen molar-refractivity contribution in [3.63, 3.8) is 0 Å². The predicted molar refractivity (Wildman–Crippen MR) is 98.9 cm³/mol. The fraction of sp³-hybridized carbons (Fsp3) is 0.667. The molecule has 0 unspecified atom stereocenters. The van der Waals surface area contributed by atoms with Crippen LogP contribution in [0.5, 0.6) is 0 Å². The number of likely N-dealkylation sites (N-methyl/N-ethyl adjacent to an activating group) is 1. The molecule has 3 rings (SSSR count). The summed E-state index contributed by atoms with van der Waals surface area (Å²) in [6.45, 7) is 4.63. The van der Waals surface area contributed by atoms with E-state index >= 15 is 0 Å². The molecule has 1 aromatic heterocycles. The van der Waals surface area contributed by atoms with E-state index in [4.69, 9.17) is 0 Å². The van der Waals surface area contributed by atoms with Crippen LogP contribution in [0.4, 0.5) is 0 Å². The Balaban J connectivity index is 1.69. The summed E-state index contributed by atoms with van der Waals surface area (Å²) in [6.07, 6.45) is 5.95. The van der Waals surface area contributed by atoms with Gasteiger partial charge in [-0.15, -0.1) is 11.3 Å². The van der Waals surface area contributed by atoms with Crippen LogP contribution in [0, 0.1) is 12.8 Å². The molecule has 2 fully saturated rings. The minimum Gasteiger partial charge on any atom is -0.355 e. The maximum absolute atomic E-state index is 12.9. The summed E-state index contributed by atoms with van der Waals surface area (Å²) in [7, 11) is 0. The van der Waals surface area contributed by atoms with Crippen LogP contribution in [0.25, 0.3) is 0 Å². The topological polar surface area (TPSA) is 91.4 Å². The monoisotopic (exact) mass is 378 g/mol. The highest BCUT2D eigenvalue weighted by Crippen LogP contribution is 2.30. The summed E-state index contributed by atoms with van der Waals surface area (Å²) in [5, 5.41) is 6.62. The quantitative estimate of drug-likeness (QED) is 0.812. The van der Waals surface area contributed by atoms with Crippen LogP contribution in [0.3, 0.4) is 0 Å². The molecule has 2 atom stereocenters. The molecule has 142 valence electrons. The Hall–Kier alpha value is -1.96. The van der Waals surface area contributed by atoms with Gasteiger partial charge < -0.3 is 15.5 Å². The number of rotatable bonds is 5. The molecule has 0 bridgehead atoms. The fourth-order valence-corrected chi connectivity index (χ4v) is 4.54. The van der Waals surface area contributed by atoms with E-state index in [-0.39, 0.29) is 29.7 Å². The third-order valence-electron chi connectivity index (χ3n) is 5.12. The highest BCUT2D eigenvalue weighted by molar-refractivity contribution is 7.13. The SMILES string of the molecule is CCNC(=O)[C@@H]1C[C@@H](NC(=O)c2cnc(C)s2)CN1C(=O)C1CCCC1. The normalized spacial score (nSPS) is 23.2. The van der Waals surface area contributed by atoms with Crippen LogP contribution in [0.1, 0.15) is 53.7 Å². The highest BCUT2D eigenvalue weighted by Gasteiger charge is 2.42. The van der Waals surface area contributed by atoms with Gasteiger partial charge in [0.25, 0.3) is 5.91 Å². The molecule has 2 heterocycles. The second-order valence-corrected chi connectivity index (χ2v) is 8.27. The number of amides is 3. The van der Waals surface area contributed by atoms with E-state index in [2.05, 4.69) is 15.6 Å². The molecule has 7 nitrogen and oxygen atoms in total. The molecule has 0 radical (unpaired) electrons. The largest absolute Gasteiger partial charge is 0.355 e. The first-order valence-corrected chi connectivity index (χ1v) is 10.1. The van der Waals surface area contributed by atoms with Crippen molar-refractivity contribution in [2.45, 2.75) is 58.0 Å². The van der Waals surface area contributed by atoms with Crippen molar-refractivity contribution < 1.29 is 14.4 Å². The molecule has 26 heavy (non-hydrogen) atoms. The molecular weight excluding hydrogens is 352 g/mol. The third kappa shape index (κ3) is 4.06. The number of hydrogen-bond acceptors (Lipinski definition) is 5. The number of likely N-dealkylation sites (tertiary alicyclic amines) is 1. The van der Waals surface area contributed by atoms with Gasteiger partial charge in [-0.05, 0) is 33.1 Å². The van der Waals surface area contributed by atoms with E-state index in [1.54, 1.807) is 11.1 Å². The van der Waals surface area contributed by atoms with Crippen LogP contribution < -0.4 is 10.6 Å². The number of thiazole rings is 1. The number of nitrogens with one attached hydrogen (secondary N) is 2. The van der Waals surface area contributed by atoms with Crippen LogP contribution in [-0.4, -0.2) is 52.8 Å². The zero-order valence-corrected chi connectivity index (χ0v) is 16.1.